The maximum atomic E-state index is 11.6. The second kappa shape index (κ2) is 7.74. The molecule has 0 aliphatic carbocycles. The Morgan fingerprint density at radius 2 is 0.737 bits per heavy atom. The standard InChI is InChI=1S/C4F10.K.HO3S/c5-1(6,3(9,10)11)2(7,8)4(12,13)14;;1-4(2)3/h;;(H,1,2,3)/q;+1;-1. The van der Waals surface area contributed by atoms with E-state index in [0.29, 0.717) is 0 Å². The van der Waals surface area contributed by atoms with Crippen LogP contribution in [0, 0.1) is 0 Å². The molecule has 1 N–H and O–H groups in total. The van der Waals surface area contributed by atoms with E-state index in [4.69, 9.17) is 13.0 Å². The second-order valence-corrected chi connectivity index (χ2v) is 2.80. The Morgan fingerprint density at radius 1 is 0.632 bits per heavy atom. The molecular weight excluding hydrogens is 357 g/mol. The van der Waals surface area contributed by atoms with Crippen LogP contribution in [0.2, 0.25) is 0 Å². The number of hydrogen-bond donors (Lipinski definition) is 1. The molecule has 0 aliphatic rings. The van der Waals surface area contributed by atoms with Gasteiger partial charge in [-0.1, -0.05) is 0 Å². The molecule has 112 valence electrons. The average molecular weight is 358 g/mol. The van der Waals surface area contributed by atoms with Crippen molar-refractivity contribution >= 4 is 11.0 Å². The maximum absolute atomic E-state index is 11.6. The van der Waals surface area contributed by atoms with E-state index >= 15 is 0 Å². The van der Waals surface area contributed by atoms with Crippen LogP contribution in [0.1, 0.15) is 0 Å². The molecule has 3 nitrogen and oxygen atoms in total. The Labute approximate surface area is 142 Å². The number of hydrogen-bond acceptors (Lipinski definition) is 3. The molecule has 0 aromatic rings. The average Bonchev–Trinajstić information content (AvgIpc) is 1.97. The molecule has 0 bridgehead atoms. The van der Waals surface area contributed by atoms with Gasteiger partial charge in [0.05, 0.1) is 0 Å². The van der Waals surface area contributed by atoms with Gasteiger partial charge < -0.3 is 13.0 Å². The van der Waals surface area contributed by atoms with E-state index in [1.165, 1.54) is 0 Å². The van der Waals surface area contributed by atoms with Crippen LogP contribution in [0.3, 0.4) is 0 Å². The predicted molar refractivity (Wildman–Crippen MR) is 33.4 cm³/mol. The van der Waals surface area contributed by atoms with Crippen molar-refractivity contribution in [3.8, 4) is 0 Å². The third-order valence-electron chi connectivity index (χ3n) is 1.11. The molecule has 0 aromatic carbocycles. The summed E-state index contributed by atoms with van der Waals surface area (Å²) in [5.41, 5.74) is 0. The van der Waals surface area contributed by atoms with Gasteiger partial charge in [-0.05, 0) is 0 Å². The molecule has 0 amide bonds. The van der Waals surface area contributed by atoms with Gasteiger partial charge >= 0.3 is 75.6 Å². The van der Waals surface area contributed by atoms with Crippen LogP contribution in [0.15, 0.2) is 0 Å². The zero-order valence-corrected chi connectivity index (χ0v) is 12.4. The van der Waals surface area contributed by atoms with Crippen LogP contribution in [-0.2, 0) is 19.4 Å². The van der Waals surface area contributed by atoms with Crippen molar-refractivity contribution in [1.82, 2.24) is 0 Å². The van der Waals surface area contributed by atoms with E-state index < -0.39 is 35.2 Å². The number of halogens is 10. The van der Waals surface area contributed by atoms with Crippen molar-refractivity contribution in [2.75, 3.05) is 0 Å². The van der Waals surface area contributed by atoms with Gasteiger partial charge in [-0.25, -0.2) is 0 Å². The van der Waals surface area contributed by atoms with Gasteiger partial charge in [-0.2, -0.15) is 43.9 Å². The molecule has 0 unspecified atom stereocenters. The summed E-state index contributed by atoms with van der Waals surface area (Å²) in [5, 5.41) is 0. The topological polar surface area (TPSA) is 54.4 Å². The van der Waals surface area contributed by atoms with Crippen LogP contribution >= 0.6 is 0 Å². The SMILES string of the molecule is FC(F)(F)C(F)(F)C(F)(F)C(F)(F)F.O=[S-](=O)O.[K+]. The number of alkyl halides is 10. The Balaban J connectivity index is -0.000000448. The zero-order valence-electron chi connectivity index (χ0n) is 8.45. The summed E-state index contributed by atoms with van der Waals surface area (Å²) in [7, 11) is -2.86. The molecule has 0 rings (SSSR count). The van der Waals surface area contributed by atoms with Crippen LogP contribution in [-0.4, -0.2) is 28.8 Å². The first-order valence-corrected chi connectivity index (χ1v) is 4.19. The molecule has 0 aromatic heterocycles. The first kappa shape index (κ1) is 24.8. The third-order valence-corrected chi connectivity index (χ3v) is 1.11. The van der Waals surface area contributed by atoms with Crippen LogP contribution in [0.5, 0.6) is 0 Å². The summed E-state index contributed by atoms with van der Waals surface area (Å²) in [5.74, 6) is -14.3. The summed E-state index contributed by atoms with van der Waals surface area (Å²) in [6.07, 6.45) is -13.9. The second-order valence-electron chi connectivity index (χ2n) is 2.36. The van der Waals surface area contributed by atoms with Gasteiger partial charge in [0, 0.05) is 11.0 Å². The van der Waals surface area contributed by atoms with Gasteiger partial charge in [0.25, 0.3) is 0 Å². The van der Waals surface area contributed by atoms with Crippen molar-refractivity contribution in [1.29, 1.82) is 0 Å². The van der Waals surface area contributed by atoms with E-state index in [0.717, 1.165) is 0 Å². The fourth-order valence-electron chi connectivity index (χ4n) is 0.356. The fraction of sp³-hybridized carbons (Fsp3) is 1.00. The summed E-state index contributed by atoms with van der Waals surface area (Å²) >= 11 is 0. The van der Waals surface area contributed by atoms with E-state index in [2.05, 4.69) is 0 Å². The van der Waals surface area contributed by atoms with Gasteiger partial charge in [0.1, 0.15) is 0 Å². The zero-order chi connectivity index (χ0) is 15.6. The molecule has 0 atom stereocenters. The van der Waals surface area contributed by atoms with Crippen LogP contribution < -0.4 is 51.4 Å². The van der Waals surface area contributed by atoms with Crippen molar-refractivity contribution in [2.45, 2.75) is 24.2 Å². The van der Waals surface area contributed by atoms with E-state index in [-0.39, 0.29) is 51.4 Å². The predicted octanol–water partition coefficient (Wildman–Crippen LogP) is 0.154. The van der Waals surface area contributed by atoms with Crippen LogP contribution in [0.4, 0.5) is 43.9 Å². The fourth-order valence-corrected chi connectivity index (χ4v) is 0.356. The molecule has 0 radical (unpaired) electrons. The van der Waals surface area contributed by atoms with Gasteiger partial charge in [-0.15, -0.1) is 0 Å². The largest absolute Gasteiger partial charge is 1.00 e. The summed E-state index contributed by atoms with van der Waals surface area (Å²) in [4.78, 5) is 0. The summed E-state index contributed by atoms with van der Waals surface area (Å²) < 4.78 is 137. The Kier molecular flexibility index (Phi) is 10.1. The molecule has 19 heavy (non-hydrogen) atoms. The minimum Gasteiger partial charge on any atom is -0.439 e. The molecule has 0 aliphatic heterocycles. The van der Waals surface area contributed by atoms with Crippen molar-refractivity contribution in [3.05, 3.63) is 0 Å². The molecular formula is C4HF10KO3S. The van der Waals surface area contributed by atoms with Crippen LogP contribution in [0.25, 0.3) is 0 Å². The van der Waals surface area contributed by atoms with Crippen molar-refractivity contribution < 1.29 is 108 Å². The number of rotatable bonds is 1. The van der Waals surface area contributed by atoms with Gasteiger partial charge in [0.15, 0.2) is 0 Å². The van der Waals surface area contributed by atoms with E-state index in [9.17, 15) is 43.9 Å². The molecule has 0 saturated heterocycles. The summed E-state index contributed by atoms with van der Waals surface area (Å²) in [6.45, 7) is 0. The quantitative estimate of drug-likeness (QED) is 0.239. The third kappa shape index (κ3) is 6.90. The van der Waals surface area contributed by atoms with Crippen molar-refractivity contribution in [3.63, 3.8) is 0 Å². The Bertz CT molecular complexity index is 312. The Morgan fingerprint density at radius 3 is 0.789 bits per heavy atom. The van der Waals surface area contributed by atoms with E-state index in [1.807, 2.05) is 0 Å². The maximum Gasteiger partial charge on any atom is 1.00 e. The van der Waals surface area contributed by atoms with E-state index in [1.54, 1.807) is 0 Å². The smallest absolute Gasteiger partial charge is 0.439 e. The molecule has 0 spiro atoms. The van der Waals surface area contributed by atoms with Gasteiger partial charge in [-0.3, -0.25) is 0 Å². The minimum atomic E-state index is -7.14. The molecule has 0 heterocycles. The minimum absolute atomic E-state index is 0. The first-order valence-electron chi connectivity index (χ1n) is 3.16. The summed E-state index contributed by atoms with van der Waals surface area (Å²) in [6, 6.07) is 0. The normalized spacial score (nSPS) is 13.5. The molecule has 0 saturated carbocycles. The molecule has 15 heteroatoms. The van der Waals surface area contributed by atoms with Crippen molar-refractivity contribution in [2.24, 2.45) is 0 Å². The van der Waals surface area contributed by atoms with Gasteiger partial charge in [0.2, 0.25) is 0 Å². The first-order chi connectivity index (χ1) is 7.48. The Hall–Kier alpha value is 0.846. The monoisotopic (exact) mass is 358 g/mol. The molecule has 0 fully saturated rings.